The lowest BCUT2D eigenvalue weighted by atomic mass is 10.1. The molecule has 1 aliphatic heterocycles. The maximum atomic E-state index is 12.7. The fourth-order valence-corrected chi connectivity index (χ4v) is 4.24. The van der Waals surface area contributed by atoms with Gasteiger partial charge in [0.15, 0.2) is 11.5 Å². The molecule has 2 heterocycles. The van der Waals surface area contributed by atoms with Crippen molar-refractivity contribution >= 4 is 11.3 Å². The molecule has 160 valence electrons. The molecule has 0 amide bonds. The quantitative estimate of drug-likeness (QED) is 0.625. The molecule has 3 rings (SSSR count). The van der Waals surface area contributed by atoms with Gasteiger partial charge in [0, 0.05) is 31.1 Å². The van der Waals surface area contributed by atoms with Crippen molar-refractivity contribution in [1.29, 1.82) is 0 Å². The van der Waals surface area contributed by atoms with Crippen LogP contribution in [0.4, 0.5) is 8.78 Å². The van der Waals surface area contributed by atoms with Gasteiger partial charge in [-0.1, -0.05) is 6.07 Å². The summed E-state index contributed by atoms with van der Waals surface area (Å²) < 4.78 is 45.9. The van der Waals surface area contributed by atoms with Gasteiger partial charge in [-0.05, 0) is 29.1 Å². The third kappa shape index (κ3) is 5.79. The normalized spacial score (nSPS) is 16.0. The minimum atomic E-state index is -2.96. The minimum absolute atomic E-state index is 0.0986. The van der Waals surface area contributed by atoms with Crippen molar-refractivity contribution in [2.75, 3.05) is 47.1 Å². The molecule has 9 heteroatoms. The molecule has 0 radical (unpaired) electrons. The van der Waals surface area contributed by atoms with Gasteiger partial charge in [-0.25, -0.2) is 0 Å². The summed E-state index contributed by atoms with van der Waals surface area (Å²) in [5.74, 6) is 0.326. The SMILES string of the molecule is COc1cc(CNC[C@@H](c2cccs2)N2CCOCC2)cc(OC)c1OC(F)F. The highest BCUT2D eigenvalue weighted by molar-refractivity contribution is 7.10. The Morgan fingerprint density at radius 3 is 2.41 bits per heavy atom. The van der Waals surface area contributed by atoms with E-state index in [0.29, 0.717) is 6.54 Å². The Labute approximate surface area is 173 Å². The summed E-state index contributed by atoms with van der Waals surface area (Å²) in [4.78, 5) is 3.72. The van der Waals surface area contributed by atoms with Crippen LogP contribution in [0, 0.1) is 0 Å². The number of methoxy groups -OCH3 is 2. The van der Waals surface area contributed by atoms with E-state index in [1.54, 1.807) is 23.5 Å². The Morgan fingerprint density at radius 2 is 1.86 bits per heavy atom. The number of nitrogens with zero attached hydrogens (tertiary/aromatic N) is 1. The summed E-state index contributed by atoms with van der Waals surface area (Å²) >= 11 is 1.74. The van der Waals surface area contributed by atoms with Crippen molar-refractivity contribution in [2.45, 2.75) is 19.2 Å². The van der Waals surface area contributed by atoms with Crippen molar-refractivity contribution in [3.63, 3.8) is 0 Å². The van der Waals surface area contributed by atoms with Crippen LogP contribution in [0.3, 0.4) is 0 Å². The number of ether oxygens (including phenoxy) is 4. The summed E-state index contributed by atoms with van der Waals surface area (Å²) in [6.45, 7) is 1.59. The van der Waals surface area contributed by atoms with Crippen LogP contribution in [-0.4, -0.2) is 58.6 Å². The zero-order valence-electron chi connectivity index (χ0n) is 16.5. The van der Waals surface area contributed by atoms with Crippen molar-refractivity contribution in [2.24, 2.45) is 0 Å². The molecular weight excluding hydrogens is 402 g/mol. The van der Waals surface area contributed by atoms with E-state index < -0.39 is 6.61 Å². The molecule has 0 saturated carbocycles. The molecule has 1 fully saturated rings. The third-order valence-corrected chi connectivity index (χ3v) is 5.73. The van der Waals surface area contributed by atoms with Gasteiger partial charge in [0.2, 0.25) is 5.75 Å². The number of thiophene rings is 1. The van der Waals surface area contributed by atoms with E-state index in [-0.39, 0.29) is 23.3 Å². The van der Waals surface area contributed by atoms with Gasteiger partial charge in [-0.15, -0.1) is 11.3 Å². The Balaban J connectivity index is 1.69. The maximum absolute atomic E-state index is 12.7. The first-order chi connectivity index (χ1) is 14.1. The number of hydrogen-bond acceptors (Lipinski definition) is 7. The summed E-state index contributed by atoms with van der Waals surface area (Å²) in [5, 5.41) is 5.56. The lowest BCUT2D eigenvalue weighted by Gasteiger charge is -2.34. The molecule has 1 saturated heterocycles. The number of rotatable bonds is 10. The molecule has 1 N–H and O–H groups in total. The number of halogens is 2. The number of alkyl halides is 2. The van der Waals surface area contributed by atoms with E-state index in [4.69, 9.17) is 14.2 Å². The van der Waals surface area contributed by atoms with Crippen LogP contribution in [0.25, 0.3) is 0 Å². The van der Waals surface area contributed by atoms with Crippen LogP contribution >= 0.6 is 11.3 Å². The van der Waals surface area contributed by atoms with E-state index in [2.05, 4.69) is 32.5 Å². The Kier molecular flexibility index (Phi) is 8.05. The van der Waals surface area contributed by atoms with Crippen LogP contribution in [0.5, 0.6) is 17.2 Å². The van der Waals surface area contributed by atoms with Crippen molar-refractivity contribution in [3.8, 4) is 17.2 Å². The molecule has 29 heavy (non-hydrogen) atoms. The first-order valence-corrected chi connectivity index (χ1v) is 10.3. The van der Waals surface area contributed by atoms with Gasteiger partial charge < -0.3 is 24.3 Å². The molecule has 0 bridgehead atoms. The smallest absolute Gasteiger partial charge is 0.387 e. The fourth-order valence-electron chi connectivity index (χ4n) is 3.37. The molecule has 1 aliphatic rings. The minimum Gasteiger partial charge on any atom is -0.493 e. The zero-order chi connectivity index (χ0) is 20.6. The van der Waals surface area contributed by atoms with Crippen LogP contribution < -0.4 is 19.5 Å². The lowest BCUT2D eigenvalue weighted by molar-refractivity contribution is -0.0526. The number of benzene rings is 1. The summed E-state index contributed by atoms with van der Waals surface area (Å²) in [5.41, 5.74) is 0.854. The number of hydrogen-bond donors (Lipinski definition) is 1. The highest BCUT2D eigenvalue weighted by Gasteiger charge is 2.23. The van der Waals surface area contributed by atoms with E-state index >= 15 is 0 Å². The lowest BCUT2D eigenvalue weighted by Crippen LogP contribution is -2.42. The zero-order valence-corrected chi connectivity index (χ0v) is 17.3. The highest BCUT2D eigenvalue weighted by atomic mass is 32.1. The standard InChI is InChI=1S/C20H26F2N2O4S/c1-25-16-10-14(11-17(26-2)19(16)28-20(21)22)12-23-13-15(18-4-3-9-29-18)24-5-7-27-8-6-24/h3-4,9-11,15,20,23H,5-8,12-13H2,1-2H3/t15-/m0/s1. The Morgan fingerprint density at radius 1 is 1.17 bits per heavy atom. The summed E-state index contributed by atoms with van der Waals surface area (Å²) in [7, 11) is 2.82. The second-order valence-corrected chi connectivity index (χ2v) is 7.50. The molecule has 1 aromatic carbocycles. The van der Waals surface area contributed by atoms with E-state index in [9.17, 15) is 8.78 Å². The second-order valence-electron chi connectivity index (χ2n) is 6.52. The topological polar surface area (TPSA) is 52.2 Å². The van der Waals surface area contributed by atoms with Crippen molar-refractivity contribution in [3.05, 3.63) is 40.1 Å². The largest absolute Gasteiger partial charge is 0.493 e. The molecule has 0 unspecified atom stereocenters. The van der Waals surface area contributed by atoms with Gasteiger partial charge in [0.05, 0.1) is 33.5 Å². The Hall–Kier alpha value is -1.94. The van der Waals surface area contributed by atoms with E-state index in [1.165, 1.54) is 19.1 Å². The summed E-state index contributed by atoms with van der Waals surface area (Å²) in [6, 6.07) is 7.83. The Bertz CT molecular complexity index is 730. The second kappa shape index (κ2) is 10.7. The predicted molar refractivity (Wildman–Crippen MR) is 107 cm³/mol. The van der Waals surface area contributed by atoms with Gasteiger partial charge in [0.25, 0.3) is 0 Å². The van der Waals surface area contributed by atoms with Crippen LogP contribution in [0.2, 0.25) is 0 Å². The van der Waals surface area contributed by atoms with Gasteiger partial charge in [-0.3, -0.25) is 4.90 Å². The van der Waals surface area contributed by atoms with Crippen LogP contribution in [-0.2, 0) is 11.3 Å². The van der Waals surface area contributed by atoms with Crippen LogP contribution in [0.15, 0.2) is 29.6 Å². The molecule has 6 nitrogen and oxygen atoms in total. The van der Waals surface area contributed by atoms with Gasteiger partial charge >= 0.3 is 6.61 Å². The molecule has 0 spiro atoms. The third-order valence-electron chi connectivity index (χ3n) is 4.75. The molecular formula is C20H26F2N2O4S. The fraction of sp³-hybridized carbons (Fsp3) is 0.500. The molecule has 0 aliphatic carbocycles. The van der Waals surface area contributed by atoms with Crippen LogP contribution in [0.1, 0.15) is 16.5 Å². The predicted octanol–water partition coefficient (Wildman–Crippen LogP) is 3.53. The average Bonchev–Trinajstić information content (AvgIpc) is 3.26. The monoisotopic (exact) mass is 428 g/mol. The first-order valence-electron chi connectivity index (χ1n) is 9.38. The molecule has 1 aromatic heterocycles. The van der Waals surface area contributed by atoms with Gasteiger partial charge in [-0.2, -0.15) is 8.78 Å². The number of morpholine rings is 1. The van der Waals surface area contributed by atoms with Gasteiger partial charge in [0.1, 0.15) is 0 Å². The van der Waals surface area contributed by atoms with Crippen molar-refractivity contribution in [1.82, 2.24) is 10.2 Å². The number of nitrogens with one attached hydrogen (secondary N) is 1. The molecule has 1 atom stereocenters. The summed E-state index contributed by atoms with van der Waals surface area (Å²) in [6.07, 6.45) is 0. The van der Waals surface area contributed by atoms with E-state index in [0.717, 1.165) is 38.4 Å². The van der Waals surface area contributed by atoms with Crippen molar-refractivity contribution < 1.29 is 27.7 Å². The van der Waals surface area contributed by atoms with E-state index in [1.807, 2.05) is 0 Å². The average molecular weight is 429 g/mol. The first kappa shape index (κ1) is 21.8. The molecule has 2 aromatic rings. The maximum Gasteiger partial charge on any atom is 0.387 e. The highest BCUT2D eigenvalue weighted by Crippen LogP contribution is 2.39.